The molecule has 1 aliphatic rings. The Morgan fingerprint density at radius 3 is 2.81 bits per heavy atom. The summed E-state index contributed by atoms with van der Waals surface area (Å²) in [6.45, 7) is 2.21. The quantitative estimate of drug-likeness (QED) is 0.742. The topological polar surface area (TPSA) is 53.4 Å². The van der Waals surface area contributed by atoms with Crippen LogP contribution in [0.3, 0.4) is 0 Å². The molecule has 4 rings (SSSR count). The second-order valence-corrected chi connectivity index (χ2v) is 5.92. The zero-order valence-corrected chi connectivity index (χ0v) is 12.0. The molecule has 1 N–H and O–H groups in total. The molecule has 0 amide bonds. The number of piperidine rings is 1. The number of hydrogen-bond donors (Lipinski definition) is 1. The number of nitrogens with one attached hydrogen (secondary N) is 1. The van der Waals surface area contributed by atoms with Gasteiger partial charge in [0.2, 0.25) is 0 Å². The molecule has 0 atom stereocenters. The normalized spacial score (nSPS) is 17.8. The second kappa shape index (κ2) is 4.70. The molecule has 1 aliphatic heterocycles. The van der Waals surface area contributed by atoms with E-state index in [1.54, 1.807) is 0 Å². The van der Waals surface area contributed by atoms with E-state index in [1.807, 2.05) is 34.8 Å². The van der Waals surface area contributed by atoms with E-state index in [0.717, 1.165) is 42.8 Å². The van der Waals surface area contributed by atoms with Crippen LogP contribution in [0.4, 0.5) is 0 Å². The van der Waals surface area contributed by atoms with Crippen LogP contribution in [0.1, 0.15) is 24.5 Å². The van der Waals surface area contributed by atoms with Crippen LogP contribution in [0.15, 0.2) is 35.1 Å². The molecular weight excluding hydrogens is 264 g/mol. The molecule has 3 aromatic rings. The zero-order valence-electron chi connectivity index (χ0n) is 12.0. The predicted octanol–water partition coefficient (Wildman–Crippen LogP) is 1.98. The number of likely N-dealkylation sites (tertiary alicyclic amines) is 1. The van der Waals surface area contributed by atoms with Crippen molar-refractivity contribution >= 4 is 16.6 Å². The number of hydrogen-bond acceptors (Lipinski definition) is 3. The maximum absolute atomic E-state index is 12.1. The van der Waals surface area contributed by atoms with Gasteiger partial charge in [0.25, 0.3) is 5.56 Å². The van der Waals surface area contributed by atoms with Crippen molar-refractivity contribution in [1.29, 1.82) is 0 Å². The zero-order chi connectivity index (χ0) is 14.4. The summed E-state index contributed by atoms with van der Waals surface area (Å²) in [6, 6.07) is 9.64. The van der Waals surface area contributed by atoms with Gasteiger partial charge in [-0.3, -0.25) is 4.79 Å². The smallest absolute Gasteiger partial charge is 0.259 e. The predicted molar refractivity (Wildman–Crippen MR) is 82.8 cm³/mol. The van der Waals surface area contributed by atoms with Gasteiger partial charge in [0.15, 0.2) is 0 Å². The number of para-hydroxylation sites is 1. The highest BCUT2D eigenvalue weighted by atomic mass is 16.1. The van der Waals surface area contributed by atoms with Gasteiger partial charge in [-0.1, -0.05) is 12.1 Å². The first kappa shape index (κ1) is 12.6. The largest absolute Gasteiger partial charge is 0.306 e. The van der Waals surface area contributed by atoms with Crippen molar-refractivity contribution in [2.45, 2.75) is 18.8 Å². The SMILES string of the molecule is CN1CCC(c2cc3[nH]c(=O)c4ccccc4n3n2)CC1. The molecule has 1 fully saturated rings. The van der Waals surface area contributed by atoms with Crippen LogP contribution < -0.4 is 5.56 Å². The van der Waals surface area contributed by atoms with Crippen molar-refractivity contribution in [3.05, 3.63) is 46.4 Å². The second-order valence-electron chi connectivity index (χ2n) is 5.92. The highest BCUT2D eigenvalue weighted by Crippen LogP contribution is 2.27. The number of aromatic nitrogens is 3. The van der Waals surface area contributed by atoms with E-state index < -0.39 is 0 Å². The summed E-state index contributed by atoms with van der Waals surface area (Å²) >= 11 is 0. The molecule has 108 valence electrons. The number of rotatable bonds is 1. The van der Waals surface area contributed by atoms with Crippen LogP contribution in [0.5, 0.6) is 0 Å². The maximum atomic E-state index is 12.1. The van der Waals surface area contributed by atoms with E-state index in [2.05, 4.69) is 16.9 Å². The van der Waals surface area contributed by atoms with Gasteiger partial charge >= 0.3 is 0 Å². The molecule has 1 aromatic carbocycles. The van der Waals surface area contributed by atoms with E-state index in [-0.39, 0.29) is 5.56 Å². The molecule has 0 spiro atoms. The number of benzene rings is 1. The third-order valence-electron chi connectivity index (χ3n) is 4.48. The lowest BCUT2D eigenvalue weighted by Gasteiger charge is -2.27. The van der Waals surface area contributed by atoms with E-state index in [4.69, 9.17) is 5.10 Å². The maximum Gasteiger partial charge on any atom is 0.259 e. The molecular formula is C16H18N4O. The Morgan fingerprint density at radius 1 is 1.24 bits per heavy atom. The van der Waals surface area contributed by atoms with Gasteiger partial charge in [0, 0.05) is 12.0 Å². The summed E-state index contributed by atoms with van der Waals surface area (Å²) in [7, 11) is 2.16. The molecule has 0 saturated carbocycles. The Hall–Kier alpha value is -2.14. The Balaban J connectivity index is 1.86. The van der Waals surface area contributed by atoms with Gasteiger partial charge in [-0.25, -0.2) is 4.52 Å². The summed E-state index contributed by atoms with van der Waals surface area (Å²) in [5.74, 6) is 0.489. The summed E-state index contributed by atoms with van der Waals surface area (Å²) in [5, 5.41) is 5.44. The van der Waals surface area contributed by atoms with E-state index in [1.165, 1.54) is 0 Å². The summed E-state index contributed by atoms with van der Waals surface area (Å²) in [6.07, 6.45) is 2.26. The van der Waals surface area contributed by atoms with Gasteiger partial charge < -0.3 is 9.88 Å². The van der Waals surface area contributed by atoms with E-state index in [0.29, 0.717) is 11.3 Å². The van der Waals surface area contributed by atoms with Crippen LogP contribution in [0, 0.1) is 0 Å². The fourth-order valence-electron chi connectivity index (χ4n) is 3.21. The van der Waals surface area contributed by atoms with Crippen molar-refractivity contribution in [2.24, 2.45) is 0 Å². The average Bonchev–Trinajstić information content (AvgIpc) is 2.92. The first-order valence-corrected chi connectivity index (χ1v) is 7.41. The number of aromatic amines is 1. The number of H-pyrrole nitrogens is 1. The van der Waals surface area contributed by atoms with Crippen molar-refractivity contribution in [3.63, 3.8) is 0 Å². The summed E-state index contributed by atoms with van der Waals surface area (Å²) < 4.78 is 1.87. The molecule has 5 heteroatoms. The highest BCUT2D eigenvalue weighted by Gasteiger charge is 2.21. The summed E-state index contributed by atoms with van der Waals surface area (Å²) in [5.41, 5.74) is 2.70. The Morgan fingerprint density at radius 2 is 2.00 bits per heavy atom. The molecule has 3 heterocycles. The molecule has 0 radical (unpaired) electrons. The van der Waals surface area contributed by atoms with Crippen molar-refractivity contribution in [3.8, 4) is 0 Å². The van der Waals surface area contributed by atoms with Crippen LogP contribution in [-0.4, -0.2) is 39.6 Å². The van der Waals surface area contributed by atoms with Gasteiger partial charge in [-0.2, -0.15) is 5.10 Å². The fraction of sp³-hybridized carbons (Fsp3) is 0.375. The monoisotopic (exact) mass is 282 g/mol. The van der Waals surface area contributed by atoms with E-state index >= 15 is 0 Å². The lowest BCUT2D eigenvalue weighted by atomic mass is 9.94. The molecule has 0 bridgehead atoms. The van der Waals surface area contributed by atoms with Crippen molar-refractivity contribution < 1.29 is 0 Å². The molecule has 2 aromatic heterocycles. The lowest BCUT2D eigenvalue weighted by Crippen LogP contribution is -2.29. The number of fused-ring (bicyclic) bond motifs is 3. The number of nitrogens with zero attached hydrogens (tertiary/aromatic N) is 3. The average molecular weight is 282 g/mol. The van der Waals surface area contributed by atoms with Crippen LogP contribution >= 0.6 is 0 Å². The minimum absolute atomic E-state index is 0.0482. The summed E-state index contributed by atoms with van der Waals surface area (Å²) in [4.78, 5) is 17.4. The van der Waals surface area contributed by atoms with Gasteiger partial charge in [0.05, 0.1) is 16.6 Å². The molecule has 1 saturated heterocycles. The molecule has 5 nitrogen and oxygen atoms in total. The minimum Gasteiger partial charge on any atom is -0.306 e. The Bertz CT molecular complexity index is 855. The first-order chi connectivity index (χ1) is 10.2. The third kappa shape index (κ3) is 2.05. The lowest BCUT2D eigenvalue weighted by molar-refractivity contribution is 0.253. The molecule has 0 unspecified atom stereocenters. The third-order valence-corrected chi connectivity index (χ3v) is 4.48. The first-order valence-electron chi connectivity index (χ1n) is 7.41. The van der Waals surface area contributed by atoms with Gasteiger partial charge in [-0.05, 0) is 45.1 Å². The van der Waals surface area contributed by atoms with Crippen LogP contribution in [-0.2, 0) is 0 Å². The van der Waals surface area contributed by atoms with Crippen LogP contribution in [0.25, 0.3) is 16.6 Å². The highest BCUT2D eigenvalue weighted by molar-refractivity contribution is 5.80. The van der Waals surface area contributed by atoms with E-state index in [9.17, 15) is 4.79 Å². The Labute approximate surface area is 122 Å². The van der Waals surface area contributed by atoms with Gasteiger partial charge in [-0.15, -0.1) is 0 Å². The van der Waals surface area contributed by atoms with Crippen molar-refractivity contribution in [1.82, 2.24) is 19.5 Å². The molecule has 0 aliphatic carbocycles. The minimum atomic E-state index is -0.0482. The van der Waals surface area contributed by atoms with Gasteiger partial charge in [0.1, 0.15) is 5.65 Å². The van der Waals surface area contributed by atoms with Crippen LogP contribution in [0.2, 0.25) is 0 Å². The molecule has 21 heavy (non-hydrogen) atoms. The Kier molecular flexibility index (Phi) is 2.82. The van der Waals surface area contributed by atoms with Crippen molar-refractivity contribution in [2.75, 3.05) is 20.1 Å². The fourth-order valence-corrected chi connectivity index (χ4v) is 3.21. The standard InChI is InChI=1S/C16H18N4O/c1-19-8-6-11(7-9-19)13-10-15-17-16(21)12-4-2-3-5-14(12)20(15)18-13/h2-5,10-11H,6-9H2,1H3,(H,17,21).